The van der Waals surface area contributed by atoms with Crippen molar-refractivity contribution in [3.05, 3.63) is 65.5 Å². The summed E-state index contributed by atoms with van der Waals surface area (Å²) in [6.45, 7) is 5.04. The Kier molecular flexibility index (Phi) is 6.01. The lowest BCUT2D eigenvalue weighted by Crippen LogP contribution is -2.47. The van der Waals surface area contributed by atoms with Crippen LogP contribution in [0.15, 0.2) is 42.9 Å². The van der Waals surface area contributed by atoms with Crippen LogP contribution >= 0.6 is 0 Å². The molecular weight excluding hydrogens is 552 g/mol. The van der Waals surface area contributed by atoms with E-state index in [-0.39, 0.29) is 28.7 Å². The molecule has 8 nitrogen and oxygen atoms in total. The molecular formula is C27H23F6N7O. The lowest BCUT2D eigenvalue weighted by Gasteiger charge is -2.40. The van der Waals surface area contributed by atoms with E-state index in [4.69, 9.17) is 4.98 Å². The van der Waals surface area contributed by atoms with Gasteiger partial charge in [0.25, 0.3) is 0 Å². The average molecular weight is 576 g/mol. The summed E-state index contributed by atoms with van der Waals surface area (Å²) < 4.78 is 81.1. The fraction of sp³-hybridized carbons (Fsp3) is 0.370. The molecule has 3 aromatic heterocycles. The third-order valence-electron chi connectivity index (χ3n) is 7.62. The number of halogens is 6. The Morgan fingerprint density at radius 3 is 2.44 bits per heavy atom. The normalized spacial score (nSPS) is 19.4. The second-order valence-electron chi connectivity index (χ2n) is 10.6. The van der Waals surface area contributed by atoms with Gasteiger partial charge in [-0.05, 0) is 37.0 Å². The molecule has 14 heteroatoms. The number of benzene rings is 1. The van der Waals surface area contributed by atoms with Gasteiger partial charge in [-0.3, -0.25) is 4.79 Å². The van der Waals surface area contributed by atoms with E-state index in [0.29, 0.717) is 36.0 Å². The summed E-state index contributed by atoms with van der Waals surface area (Å²) in [5.41, 5.74) is -0.0679. The highest BCUT2D eigenvalue weighted by Crippen LogP contribution is 2.48. The highest BCUT2D eigenvalue weighted by atomic mass is 19.4. The first kappa shape index (κ1) is 27.0. The number of hydrogen-bond donors (Lipinski definition) is 1. The van der Waals surface area contributed by atoms with Gasteiger partial charge in [-0.25, -0.2) is 24.3 Å². The molecule has 1 amide bonds. The van der Waals surface area contributed by atoms with Crippen LogP contribution in [0.2, 0.25) is 0 Å². The summed E-state index contributed by atoms with van der Waals surface area (Å²) in [4.78, 5) is 33.1. The van der Waals surface area contributed by atoms with Gasteiger partial charge in [0.05, 0.1) is 11.3 Å². The number of nitrogens with zero attached hydrogens (tertiary/aromatic N) is 6. The summed E-state index contributed by atoms with van der Waals surface area (Å²) in [5, 5.41) is 2.79. The van der Waals surface area contributed by atoms with E-state index in [1.165, 1.54) is 47.3 Å². The number of aryl methyl sites for hydroxylation is 1. The Bertz CT molecular complexity index is 1660. The van der Waals surface area contributed by atoms with Crippen LogP contribution < -0.4 is 10.2 Å². The minimum atomic E-state index is -5.70. The molecule has 0 spiro atoms. The van der Waals surface area contributed by atoms with Crippen molar-refractivity contribution in [1.29, 1.82) is 0 Å². The molecule has 41 heavy (non-hydrogen) atoms. The second kappa shape index (κ2) is 9.14. The van der Waals surface area contributed by atoms with Crippen LogP contribution in [0.3, 0.4) is 0 Å². The first-order valence-electron chi connectivity index (χ1n) is 12.8. The van der Waals surface area contributed by atoms with Crippen molar-refractivity contribution in [2.24, 2.45) is 5.92 Å². The lowest BCUT2D eigenvalue weighted by molar-refractivity contribution is -0.284. The predicted molar refractivity (Wildman–Crippen MR) is 136 cm³/mol. The number of nitrogens with one attached hydrogen (secondary N) is 1. The molecule has 1 saturated heterocycles. The van der Waals surface area contributed by atoms with E-state index in [0.717, 1.165) is 0 Å². The van der Waals surface area contributed by atoms with Crippen LogP contribution in [0.1, 0.15) is 37.1 Å². The standard InChI is InChI=1S/C27H23F6N7O/c1-14-11-40(12-14)23-19-21(38-24(41)25(19,2)15-3-5-16(28)6-4-15)36-20(37-23)18-13-39-10-9-34-22(39)17(35-18)7-8-26(29,30)27(31,32)33/h3-6,9-10,13-14H,7-8,11-12H2,1-2H3,(H,36,37,38,41). The maximum Gasteiger partial charge on any atom is 0.453 e. The zero-order valence-corrected chi connectivity index (χ0v) is 21.8. The molecule has 1 aromatic carbocycles. The van der Waals surface area contributed by atoms with Crippen molar-refractivity contribution >= 4 is 23.2 Å². The van der Waals surface area contributed by atoms with Gasteiger partial charge in [-0.15, -0.1) is 0 Å². The van der Waals surface area contributed by atoms with Gasteiger partial charge >= 0.3 is 12.1 Å². The number of alkyl halides is 5. The van der Waals surface area contributed by atoms with Gasteiger partial charge in [-0.2, -0.15) is 22.0 Å². The third kappa shape index (κ3) is 4.36. The monoisotopic (exact) mass is 575 g/mol. The number of imidazole rings is 1. The Morgan fingerprint density at radius 1 is 1.07 bits per heavy atom. The number of hydrogen-bond acceptors (Lipinski definition) is 6. The molecule has 0 radical (unpaired) electrons. The van der Waals surface area contributed by atoms with E-state index in [1.807, 2.05) is 4.90 Å². The third-order valence-corrected chi connectivity index (χ3v) is 7.62. The number of rotatable bonds is 6. The van der Waals surface area contributed by atoms with E-state index in [9.17, 15) is 31.1 Å². The molecule has 1 fully saturated rings. The number of aromatic nitrogens is 5. The van der Waals surface area contributed by atoms with Crippen molar-refractivity contribution in [1.82, 2.24) is 24.3 Å². The molecule has 1 unspecified atom stereocenters. The molecule has 6 rings (SSSR count). The lowest BCUT2D eigenvalue weighted by atomic mass is 9.77. The molecule has 1 N–H and O–H groups in total. The number of fused-ring (bicyclic) bond motifs is 2. The van der Waals surface area contributed by atoms with E-state index >= 15 is 0 Å². The fourth-order valence-corrected chi connectivity index (χ4v) is 5.31. The summed E-state index contributed by atoms with van der Waals surface area (Å²) in [6.07, 6.45) is -3.54. The van der Waals surface area contributed by atoms with Crippen molar-refractivity contribution in [3.8, 4) is 11.5 Å². The van der Waals surface area contributed by atoms with E-state index in [1.54, 1.807) is 6.92 Å². The van der Waals surface area contributed by atoms with Crippen LogP contribution in [-0.4, -0.2) is 55.4 Å². The number of carbonyl (C=O) groups excluding carboxylic acids is 1. The van der Waals surface area contributed by atoms with Gasteiger partial charge in [0.2, 0.25) is 5.91 Å². The molecule has 2 aliphatic heterocycles. The molecule has 4 aromatic rings. The van der Waals surface area contributed by atoms with Gasteiger partial charge in [0, 0.05) is 38.1 Å². The van der Waals surface area contributed by atoms with Crippen LogP contribution in [0, 0.1) is 11.7 Å². The molecule has 2 aliphatic rings. The van der Waals surface area contributed by atoms with Gasteiger partial charge in [0.15, 0.2) is 11.5 Å². The zero-order valence-electron chi connectivity index (χ0n) is 21.8. The van der Waals surface area contributed by atoms with Crippen molar-refractivity contribution in [2.45, 2.75) is 44.2 Å². The summed E-state index contributed by atoms with van der Waals surface area (Å²) in [6, 6.07) is 5.58. The van der Waals surface area contributed by atoms with Crippen LogP contribution in [0.25, 0.3) is 17.2 Å². The van der Waals surface area contributed by atoms with Crippen LogP contribution in [0.4, 0.5) is 38.0 Å². The van der Waals surface area contributed by atoms with Crippen molar-refractivity contribution < 1.29 is 31.1 Å². The van der Waals surface area contributed by atoms with Crippen molar-refractivity contribution in [2.75, 3.05) is 23.3 Å². The van der Waals surface area contributed by atoms with Gasteiger partial charge < -0.3 is 14.6 Å². The smallest absolute Gasteiger partial charge is 0.355 e. The van der Waals surface area contributed by atoms with Crippen LogP contribution in [-0.2, 0) is 16.6 Å². The maximum absolute atomic E-state index is 13.7. The van der Waals surface area contributed by atoms with Crippen LogP contribution in [0.5, 0.6) is 0 Å². The van der Waals surface area contributed by atoms with E-state index in [2.05, 4.69) is 27.2 Å². The number of anilines is 2. The minimum Gasteiger partial charge on any atom is -0.355 e. The Morgan fingerprint density at radius 2 is 1.78 bits per heavy atom. The quantitative estimate of drug-likeness (QED) is 0.319. The summed E-state index contributed by atoms with van der Waals surface area (Å²) >= 11 is 0. The highest BCUT2D eigenvalue weighted by molar-refractivity contribution is 6.09. The topological polar surface area (TPSA) is 88.3 Å². The summed E-state index contributed by atoms with van der Waals surface area (Å²) in [5.74, 6) is -4.70. The van der Waals surface area contributed by atoms with Gasteiger partial charge in [0.1, 0.15) is 28.6 Å². The molecule has 214 valence electrons. The van der Waals surface area contributed by atoms with Gasteiger partial charge in [-0.1, -0.05) is 19.1 Å². The molecule has 0 aliphatic carbocycles. The number of amides is 1. The number of carbonyl (C=O) groups is 1. The first-order valence-corrected chi connectivity index (χ1v) is 12.8. The molecule has 0 bridgehead atoms. The zero-order chi connectivity index (χ0) is 29.3. The average Bonchev–Trinajstić information content (AvgIpc) is 3.47. The SMILES string of the molecule is CC1CN(c2nc(-c3cn4ccnc4c(CCC(F)(F)C(F)(F)F)n3)nc3c2C(C)(c2ccc(F)cc2)C(=O)N3)C1. The van der Waals surface area contributed by atoms with E-state index < -0.39 is 42.1 Å². The Balaban J connectivity index is 1.47. The minimum absolute atomic E-state index is 0.0430. The molecule has 1 atom stereocenters. The Labute approximate surface area is 229 Å². The highest BCUT2D eigenvalue weighted by Gasteiger charge is 2.56. The van der Waals surface area contributed by atoms with Crippen molar-refractivity contribution in [3.63, 3.8) is 0 Å². The predicted octanol–water partition coefficient (Wildman–Crippen LogP) is 5.17. The fourth-order valence-electron chi connectivity index (χ4n) is 5.31. The summed E-state index contributed by atoms with van der Waals surface area (Å²) in [7, 11) is 0. The second-order valence-corrected chi connectivity index (χ2v) is 10.6. The first-order chi connectivity index (χ1) is 19.3. The molecule has 5 heterocycles. The maximum atomic E-state index is 13.7. The Hall–Kier alpha value is -4.23. The largest absolute Gasteiger partial charge is 0.453 e. The molecule has 0 saturated carbocycles.